The van der Waals surface area contributed by atoms with Gasteiger partial charge in [0.25, 0.3) is 0 Å². The van der Waals surface area contributed by atoms with Gasteiger partial charge in [-0.05, 0) is 228 Å². The lowest BCUT2D eigenvalue weighted by atomic mass is 9.95. The van der Waals surface area contributed by atoms with Crippen molar-refractivity contribution in [3.63, 3.8) is 0 Å². The monoisotopic (exact) mass is 1630 g/mol. The summed E-state index contributed by atoms with van der Waals surface area (Å²) in [6.07, 6.45) is 0.741. The molecule has 1 aromatic rings. The minimum Gasteiger partial charge on any atom is -0.468 e. The van der Waals surface area contributed by atoms with Crippen LogP contribution in [-0.2, 0) is 59.2 Å². The highest BCUT2D eigenvalue weighted by Gasteiger charge is 2.31. The van der Waals surface area contributed by atoms with E-state index in [4.69, 9.17) is 15.3 Å². The second kappa shape index (κ2) is 75.9. The zero-order chi connectivity index (χ0) is 90.7. The molecule has 1 aromatic heterocycles. The minimum absolute atomic E-state index is 0. The first-order chi connectivity index (χ1) is 51.8. The molecule has 0 spiro atoms. The van der Waals surface area contributed by atoms with Crippen LogP contribution in [0.3, 0.4) is 0 Å². The fourth-order valence-electron chi connectivity index (χ4n) is 7.68. The number of ketones is 7. The normalized spacial score (nSPS) is 13.9. The molecule has 1 unspecified atom stereocenters. The molecule has 1 heterocycles. The number of H-pyrrole nitrogens is 1. The van der Waals surface area contributed by atoms with Gasteiger partial charge in [0.05, 0.1) is 87.5 Å². The van der Waals surface area contributed by atoms with Gasteiger partial charge in [-0.25, -0.2) is 0 Å². The first kappa shape index (κ1) is 126. The highest BCUT2D eigenvalue weighted by molar-refractivity contribution is 5.88. The van der Waals surface area contributed by atoms with Gasteiger partial charge in [-0.15, -0.1) is 10.2 Å². The summed E-state index contributed by atoms with van der Waals surface area (Å²) in [6, 6.07) is -1.09. The lowest BCUT2D eigenvalue weighted by molar-refractivity contribution is -0.143. The number of carbonyl (C=O) groups excluding carboxylic acids is 9. The van der Waals surface area contributed by atoms with Gasteiger partial charge in [0, 0.05) is 7.85 Å². The molecule has 0 aromatic carbocycles. The van der Waals surface area contributed by atoms with Crippen LogP contribution in [0.25, 0.3) is 0 Å². The molecule has 1 rings (SSSR count). The number of tetrazole rings is 1. The predicted molar refractivity (Wildman–Crippen MR) is 466 cm³/mol. The number of hydrogen-bond donors (Lipinski definition) is 15. The summed E-state index contributed by atoms with van der Waals surface area (Å²) >= 11 is 0. The molecule has 0 bridgehead atoms. The van der Waals surface area contributed by atoms with E-state index in [0.29, 0.717) is 78.0 Å². The Morgan fingerprint density at radius 3 is 1.00 bits per heavy atom. The van der Waals surface area contributed by atoms with E-state index in [1.54, 1.807) is 55.4 Å². The van der Waals surface area contributed by atoms with E-state index in [2.05, 4.69) is 222 Å². The third kappa shape index (κ3) is 84.9. The molecular formula is C84H180N14O15. The summed E-state index contributed by atoms with van der Waals surface area (Å²) in [5.74, 6) is 6.53. The Bertz CT molecular complexity index is 2450. The third-order valence-corrected chi connectivity index (χ3v) is 16.2. The van der Waals surface area contributed by atoms with Gasteiger partial charge >= 0.3 is 11.9 Å². The van der Waals surface area contributed by atoms with Gasteiger partial charge in [-0.1, -0.05) is 158 Å². The van der Waals surface area contributed by atoms with Crippen molar-refractivity contribution < 1.29 is 74.5 Å². The molecule has 0 aliphatic rings. The van der Waals surface area contributed by atoms with E-state index in [0.717, 1.165) is 71.9 Å². The first-order valence-electron chi connectivity index (χ1n) is 41.1. The topological polar surface area (TPSA) is 428 Å². The Morgan fingerprint density at radius 1 is 0.416 bits per heavy atom. The second-order valence-electron chi connectivity index (χ2n) is 34.1. The number of aromatic nitrogens is 4. The van der Waals surface area contributed by atoms with Gasteiger partial charge < -0.3 is 83.1 Å². The van der Waals surface area contributed by atoms with Crippen LogP contribution >= 0.6 is 0 Å². The Kier molecular flexibility index (Phi) is 84.8. The standard InChI is InChI=1S/C10H21NO2.2C9H19NO2.2C9H19NO.3C8H17NO2.C8H17NO.C6H13N5.H2/c1-5-9(13)10(4,7-12)11-6-8(2)3;1-7(2)5-10-9(4,6-11)8(3)12;1-6(2)5-10-9(7(3)11)8(4)12;1-7(2)6-10-9(4,5)8(3)11;1-5-9(8(4)11)10-6-7(2)3;2*1-6(2)5-9-7(3)8(10)11-4;1-6(2)4-9-8(5-10)7(3)11;1-6(2)5-9-7(3)8(4)10;1-5(2)3-7-4-6-8-10-11-9-6;/h8,11-12H,5-7H2,1-4H3;7,10-11H,5-6H2,1-4H3;6-7,9-11H,5H2,1-4H3;7,10H,6H2,1-5H3;7,9-10H,5-6H2,1-4H3;2*6-7,9H,5H2,1-4H3;6,8-10H,4-5H2,1-3H3;6-7,9H,5H2,1-4H3;5,7H,3-4H2,1-2H3,(H,8,9,10,11);1H/t10-;9-;7?,9-;;9-;2*7-;8-;7-;;/m000.11000../s1. The highest BCUT2D eigenvalue weighted by atomic mass is 16.5. The average molecular weight is 1630 g/mol. The number of nitrogens with one attached hydrogen (secondary N) is 11. The molecule has 0 fully saturated rings. The predicted octanol–water partition coefficient (Wildman–Crippen LogP) is 8.47. The van der Waals surface area contributed by atoms with Crippen molar-refractivity contribution in [3.8, 4) is 0 Å². The summed E-state index contributed by atoms with van der Waals surface area (Å²) < 4.78 is 9.09. The molecule has 29 nitrogen and oxygen atoms in total. The molecule has 29 heteroatoms. The molecule has 9 atom stereocenters. The molecular weight excluding hydrogens is 1450 g/mol. The number of Topliss-reactive ketones (excluding diaryl/α,β-unsaturated/α-hetero) is 7. The Hall–Kier alpha value is -4.86. The van der Waals surface area contributed by atoms with Gasteiger partial charge in [-0.2, -0.15) is 5.21 Å². The van der Waals surface area contributed by atoms with Crippen molar-refractivity contribution in [2.75, 3.05) is 99.5 Å². The summed E-state index contributed by atoms with van der Waals surface area (Å²) in [5.41, 5.74) is -1.87. The zero-order valence-corrected chi connectivity index (χ0v) is 78.7. The van der Waals surface area contributed by atoms with Crippen LogP contribution in [0.4, 0.5) is 0 Å². The highest BCUT2D eigenvalue weighted by Crippen LogP contribution is 2.09. The molecule has 15 N–H and O–H groups in total. The van der Waals surface area contributed by atoms with Crippen LogP contribution in [0.15, 0.2) is 0 Å². The van der Waals surface area contributed by atoms with Gasteiger partial charge in [0.1, 0.15) is 41.0 Å². The second-order valence-corrected chi connectivity index (χ2v) is 34.1. The Labute approximate surface area is 689 Å². The SMILES string of the molecule is CC(=O)C(C)(C)NCC(C)C.CC(=O)[C@@H](NCC(C)C)C(C)O.CC(=O)[C@H](C)NCC(C)C.CC(=O)[C@H](CO)NCC(C)C.CC(=O)[C@](C)(CO)NCC(C)C.CC(C)CNCc1nn[nH]n1.CCC(=O)[C@](C)(CO)NCC(C)C.CC[C@@H](NCC(C)C)C(C)=O.COC(=O)[C@@H](C)NCC(C)C.COC(=O)[C@H](C)NCC(C)C.[HH]. The van der Waals surface area contributed by atoms with E-state index < -0.39 is 23.2 Å². The van der Waals surface area contributed by atoms with Crippen LogP contribution in [0.1, 0.15) is 269 Å². The number of carbonyl (C=O) groups is 9. The number of rotatable bonds is 46. The van der Waals surface area contributed by atoms with Crippen molar-refractivity contribution in [2.45, 2.75) is 328 Å². The number of ether oxygens (including phenoxy) is 2. The number of esters is 2. The van der Waals surface area contributed by atoms with Crippen molar-refractivity contribution in [1.82, 2.24) is 73.8 Å². The van der Waals surface area contributed by atoms with Crippen LogP contribution in [0, 0.1) is 59.2 Å². The fraction of sp³-hybridized carbons (Fsp3) is 0.881. The van der Waals surface area contributed by atoms with Crippen LogP contribution in [0.2, 0.25) is 0 Å². The van der Waals surface area contributed by atoms with Crippen LogP contribution < -0.4 is 53.2 Å². The molecule has 0 amide bonds. The molecule has 676 valence electrons. The quantitative estimate of drug-likeness (QED) is 0.0272. The van der Waals surface area contributed by atoms with Crippen molar-refractivity contribution >= 4 is 52.4 Å². The third-order valence-electron chi connectivity index (χ3n) is 16.2. The van der Waals surface area contributed by atoms with Gasteiger partial charge in [0.15, 0.2) is 17.4 Å². The van der Waals surface area contributed by atoms with Crippen molar-refractivity contribution in [3.05, 3.63) is 5.82 Å². The van der Waals surface area contributed by atoms with Gasteiger partial charge in [-0.3, -0.25) is 43.2 Å². The summed E-state index contributed by atoms with van der Waals surface area (Å²) in [6.45, 7) is 78.3. The Morgan fingerprint density at radius 2 is 0.743 bits per heavy atom. The van der Waals surface area contributed by atoms with Crippen molar-refractivity contribution in [2.24, 2.45) is 59.2 Å². The number of methoxy groups -OCH3 is 2. The average Bonchev–Trinajstić information content (AvgIpc) is 0.917. The lowest BCUT2D eigenvalue weighted by Crippen LogP contribution is -2.53. The molecule has 0 saturated carbocycles. The number of hydrogen-bond acceptors (Lipinski definition) is 28. The number of aliphatic hydroxyl groups excluding tert-OH is 4. The number of aliphatic hydroxyl groups is 4. The maximum Gasteiger partial charge on any atom is 0.322 e. The molecule has 0 aliphatic carbocycles. The lowest BCUT2D eigenvalue weighted by Gasteiger charge is -2.27. The smallest absolute Gasteiger partial charge is 0.322 e. The van der Waals surface area contributed by atoms with E-state index in [1.807, 2.05) is 34.6 Å². The Balaban J connectivity index is -0.000000132. The zero-order valence-electron chi connectivity index (χ0n) is 78.7. The van der Waals surface area contributed by atoms with Crippen molar-refractivity contribution in [1.29, 1.82) is 0 Å². The minimum atomic E-state index is -0.760. The summed E-state index contributed by atoms with van der Waals surface area (Å²) in [5, 5.41) is 80.5. The van der Waals surface area contributed by atoms with Gasteiger partial charge in [0.2, 0.25) is 0 Å². The van der Waals surface area contributed by atoms with Crippen LogP contribution in [0.5, 0.6) is 0 Å². The maximum atomic E-state index is 11.5. The molecule has 113 heavy (non-hydrogen) atoms. The summed E-state index contributed by atoms with van der Waals surface area (Å²) in [7, 11) is 2.80. The van der Waals surface area contributed by atoms with E-state index in [1.165, 1.54) is 35.0 Å². The maximum absolute atomic E-state index is 11.5. The number of nitrogens with zero attached hydrogens (tertiary/aromatic N) is 3. The van der Waals surface area contributed by atoms with E-state index in [-0.39, 0.29) is 109 Å². The molecule has 0 aliphatic heterocycles. The van der Waals surface area contributed by atoms with Crippen LogP contribution in [-0.4, -0.2) is 252 Å². The number of aromatic amines is 1. The molecule has 0 radical (unpaired) electrons. The molecule has 0 saturated heterocycles. The van der Waals surface area contributed by atoms with E-state index >= 15 is 0 Å². The largest absolute Gasteiger partial charge is 0.468 e. The fourth-order valence-corrected chi connectivity index (χ4v) is 7.68. The van der Waals surface area contributed by atoms with E-state index in [9.17, 15) is 48.3 Å². The summed E-state index contributed by atoms with van der Waals surface area (Å²) in [4.78, 5) is 98.6. The first-order valence-corrected chi connectivity index (χ1v) is 41.1.